The van der Waals surface area contributed by atoms with Crippen molar-refractivity contribution in [2.24, 2.45) is 0 Å². The average molecular weight is 539 g/mol. The van der Waals surface area contributed by atoms with Gasteiger partial charge in [0.2, 0.25) is 0 Å². The summed E-state index contributed by atoms with van der Waals surface area (Å²) in [4.78, 5) is 38.3. The van der Waals surface area contributed by atoms with E-state index in [2.05, 4.69) is 5.32 Å². The first kappa shape index (κ1) is 26.3. The van der Waals surface area contributed by atoms with Crippen molar-refractivity contribution in [3.05, 3.63) is 68.5 Å². The first-order valence-corrected chi connectivity index (χ1v) is 11.5. The highest BCUT2D eigenvalue weighted by molar-refractivity contribution is 6.36. The molecule has 1 unspecified atom stereocenters. The standard InChI is InChI=1S/C25H22ClF3N2O6/c1-24(2,3)37-17(32)10-30-22(34)19-21(33)18-14(26)8-9-15-20(18)31(23(19)35)11-16(36-15)12-4-6-13(7-5-12)25(27,28)29/h4-9,16,33H,10-11H2,1-3H3,(H,30,34). The third-order valence-corrected chi connectivity index (χ3v) is 5.88. The summed E-state index contributed by atoms with van der Waals surface area (Å²) < 4.78 is 51.2. The second-order valence-corrected chi connectivity index (χ2v) is 9.81. The highest BCUT2D eigenvalue weighted by Gasteiger charge is 2.33. The Morgan fingerprint density at radius 1 is 1.16 bits per heavy atom. The fraction of sp³-hybridized carbons (Fsp3) is 0.320. The lowest BCUT2D eigenvalue weighted by Crippen LogP contribution is -2.39. The molecule has 1 aromatic heterocycles. The maximum atomic E-state index is 13.4. The molecule has 8 nitrogen and oxygen atoms in total. The fourth-order valence-corrected chi connectivity index (χ4v) is 4.25. The van der Waals surface area contributed by atoms with Crippen molar-refractivity contribution in [1.82, 2.24) is 9.88 Å². The highest BCUT2D eigenvalue weighted by atomic mass is 35.5. The maximum absolute atomic E-state index is 13.4. The molecule has 0 saturated heterocycles. The summed E-state index contributed by atoms with van der Waals surface area (Å²) >= 11 is 6.29. The smallest absolute Gasteiger partial charge is 0.416 e. The van der Waals surface area contributed by atoms with Crippen LogP contribution in [0.4, 0.5) is 13.2 Å². The Hall–Kier alpha value is -3.73. The van der Waals surface area contributed by atoms with Crippen molar-refractivity contribution >= 4 is 34.4 Å². The molecule has 2 N–H and O–H groups in total. The number of nitrogens with zero attached hydrogens (tertiary/aromatic N) is 1. The predicted molar refractivity (Wildman–Crippen MR) is 128 cm³/mol. The van der Waals surface area contributed by atoms with Gasteiger partial charge in [-0.3, -0.25) is 19.0 Å². The molecule has 0 bridgehead atoms. The van der Waals surface area contributed by atoms with E-state index in [-0.39, 0.29) is 28.2 Å². The van der Waals surface area contributed by atoms with Gasteiger partial charge >= 0.3 is 12.1 Å². The van der Waals surface area contributed by atoms with Crippen LogP contribution in [0.2, 0.25) is 5.02 Å². The first-order chi connectivity index (χ1) is 17.2. The van der Waals surface area contributed by atoms with Gasteiger partial charge < -0.3 is 19.9 Å². The number of alkyl halides is 3. The summed E-state index contributed by atoms with van der Waals surface area (Å²) in [5.74, 6) is -2.33. The van der Waals surface area contributed by atoms with Crippen molar-refractivity contribution in [3.63, 3.8) is 0 Å². The van der Waals surface area contributed by atoms with E-state index in [1.54, 1.807) is 20.8 Å². The Bertz CT molecular complexity index is 1460. The van der Waals surface area contributed by atoms with Crippen LogP contribution in [-0.2, 0) is 22.3 Å². The number of hydrogen-bond acceptors (Lipinski definition) is 6. The number of pyridine rings is 1. The van der Waals surface area contributed by atoms with Crippen LogP contribution in [0.3, 0.4) is 0 Å². The van der Waals surface area contributed by atoms with Crippen LogP contribution in [0.5, 0.6) is 11.5 Å². The van der Waals surface area contributed by atoms with Gasteiger partial charge in [0.15, 0.2) is 0 Å². The SMILES string of the molecule is CC(C)(C)OC(=O)CNC(=O)c1c(O)c2c(Cl)ccc3c2n(c1=O)CC(c1ccc(C(F)(F)F)cc1)O3. The van der Waals surface area contributed by atoms with Gasteiger partial charge in [0.25, 0.3) is 11.5 Å². The zero-order valence-electron chi connectivity index (χ0n) is 19.9. The summed E-state index contributed by atoms with van der Waals surface area (Å²) in [6.45, 7) is 4.20. The van der Waals surface area contributed by atoms with Gasteiger partial charge in [0, 0.05) is 0 Å². The van der Waals surface area contributed by atoms with E-state index in [0.717, 1.165) is 12.1 Å². The molecule has 3 aromatic rings. The molecule has 0 saturated carbocycles. The molecule has 0 fully saturated rings. The number of amides is 1. The van der Waals surface area contributed by atoms with Crippen LogP contribution in [0, 0.1) is 0 Å². The van der Waals surface area contributed by atoms with Crippen LogP contribution < -0.4 is 15.6 Å². The van der Waals surface area contributed by atoms with E-state index in [4.69, 9.17) is 21.1 Å². The van der Waals surface area contributed by atoms with Crippen molar-refractivity contribution < 1.29 is 37.3 Å². The fourth-order valence-electron chi connectivity index (χ4n) is 4.01. The number of carbonyl (C=O) groups excluding carboxylic acids is 2. The molecule has 0 radical (unpaired) electrons. The molecule has 4 rings (SSSR count). The number of benzene rings is 2. The van der Waals surface area contributed by atoms with Gasteiger partial charge in [-0.05, 0) is 50.6 Å². The number of ether oxygens (including phenoxy) is 2. The Labute approximate surface area is 213 Å². The average Bonchev–Trinajstić information content (AvgIpc) is 2.80. The second kappa shape index (κ2) is 9.29. The molecule has 12 heteroatoms. The number of rotatable bonds is 4. The highest BCUT2D eigenvalue weighted by Crippen LogP contribution is 2.42. The van der Waals surface area contributed by atoms with E-state index >= 15 is 0 Å². The molecule has 1 atom stereocenters. The van der Waals surface area contributed by atoms with Gasteiger partial charge in [-0.15, -0.1) is 0 Å². The predicted octanol–water partition coefficient (Wildman–Crippen LogP) is 4.58. The molecule has 0 spiro atoms. The number of carbonyl (C=O) groups is 2. The molecule has 0 aliphatic carbocycles. The lowest BCUT2D eigenvalue weighted by Gasteiger charge is -2.29. The van der Waals surface area contributed by atoms with Gasteiger partial charge in [0.1, 0.15) is 35.3 Å². The lowest BCUT2D eigenvalue weighted by atomic mass is 10.0. The topological polar surface area (TPSA) is 107 Å². The molecular weight excluding hydrogens is 517 g/mol. The van der Waals surface area contributed by atoms with Gasteiger partial charge in [-0.2, -0.15) is 13.2 Å². The van der Waals surface area contributed by atoms with Crippen LogP contribution in [0.15, 0.2) is 41.2 Å². The van der Waals surface area contributed by atoms with E-state index < -0.39 is 58.7 Å². The monoisotopic (exact) mass is 538 g/mol. The molecule has 2 heterocycles. The minimum absolute atomic E-state index is 0.0212. The van der Waals surface area contributed by atoms with Crippen molar-refractivity contribution in [1.29, 1.82) is 0 Å². The van der Waals surface area contributed by atoms with Gasteiger partial charge in [-0.25, -0.2) is 0 Å². The summed E-state index contributed by atoms with van der Waals surface area (Å²) in [7, 11) is 0. The molecule has 196 valence electrons. The number of aromatic hydroxyl groups is 1. The number of nitrogens with one attached hydrogen (secondary N) is 1. The van der Waals surface area contributed by atoms with Gasteiger partial charge in [-0.1, -0.05) is 23.7 Å². The Morgan fingerprint density at radius 2 is 1.81 bits per heavy atom. The number of halogens is 4. The van der Waals surface area contributed by atoms with Crippen LogP contribution >= 0.6 is 11.6 Å². The Kier molecular flexibility index (Phi) is 6.61. The largest absolute Gasteiger partial charge is 0.506 e. The number of esters is 1. The number of aromatic nitrogens is 1. The minimum Gasteiger partial charge on any atom is -0.506 e. The zero-order valence-corrected chi connectivity index (χ0v) is 20.7. The van der Waals surface area contributed by atoms with E-state index in [1.807, 2.05) is 0 Å². The summed E-state index contributed by atoms with van der Waals surface area (Å²) in [6.07, 6.45) is -5.39. The Morgan fingerprint density at radius 3 is 2.41 bits per heavy atom. The summed E-state index contributed by atoms with van der Waals surface area (Å²) in [5.41, 5.74) is -2.70. The maximum Gasteiger partial charge on any atom is 0.416 e. The van der Waals surface area contributed by atoms with E-state index in [9.17, 15) is 32.7 Å². The van der Waals surface area contributed by atoms with Crippen LogP contribution in [-0.4, -0.2) is 33.7 Å². The van der Waals surface area contributed by atoms with Gasteiger partial charge in [0.05, 0.1) is 28.0 Å². The lowest BCUT2D eigenvalue weighted by molar-refractivity contribution is -0.153. The molecule has 1 aliphatic rings. The first-order valence-electron chi connectivity index (χ1n) is 11.1. The third kappa shape index (κ3) is 5.22. The van der Waals surface area contributed by atoms with Crippen molar-refractivity contribution in [3.8, 4) is 11.5 Å². The third-order valence-electron chi connectivity index (χ3n) is 5.56. The Balaban J connectivity index is 1.73. The van der Waals surface area contributed by atoms with E-state index in [1.165, 1.54) is 28.8 Å². The van der Waals surface area contributed by atoms with Crippen molar-refractivity contribution in [2.45, 2.75) is 45.2 Å². The second-order valence-electron chi connectivity index (χ2n) is 9.40. The zero-order chi connectivity index (χ0) is 27.3. The molecule has 1 amide bonds. The molecule has 37 heavy (non-hydrogen) atoms. The minimum atomic E-state index is -4.52. The van der Waals surface area contributed by atoms with Crippen LogP contribution in [0.1, 0.15) is 48.4 Å². The summed E-state index contributed by atoms with van der Waals surface area (Å²) in [5, 5.41) is 13.1. The quantitative estimate of drug-likeness (QED) is 0.471. The molecule has 1 aliphatic heterocycles. The molecule has 2 aromatic carbocycles. The summed E-state index contributed by atoms with van der Waals surface area (Å²) in [6, 6.07) is 7.14. The van der Waals surface area contributed by atoms with E-state index in [0.29, 0.717) is 5.56 Å². The van der Waals surface area contributed by atoms with Crippen molar-refractivity contribution in [2.75, 3.05) is 6.54 Å². The molecular formula is C25H22ClF3N2O6. The number of hydrogen-bond donors (Lipinski definition) is 2. The normalized spacial score (nSPS) is 15.3. The van der Waals surface area contributed by atoms with Crippen LogP contribution in [0.25, 0.3) is 10.9 Å².